The van der Waals surface area contributed by atoms with Gasteiger partial charge >= 0.3 is 0 Å². The van der Waals surface area contributed by atoms with Gasteiger partial charge < -0.3 is 5.73 Å². The molecule has 1 aromatic heterocycles. The summed E-state index contributed by atoms with van der Waals surface area (Å²) in [5.74, 6) is -1.83. The summed E-state index contributed by atoms with van der Waals surface area (Å²) in [6, 6.07) is 3.21. The molecule has 0 spiro atoms. The van der Waals surface area contributed by atoms with Gasteiger partial charge in [0, 0.05) is 12.1 Å². The zero-order chi connectivity index (χ0) is 17.8. The number of nitrogens with zero attached hydrogens (tertiary/aromatic N) is 2. The molecule has 1 aromatic carbocycles. The van der Waals surface area contributed by atoms with E-state index in [1.807, 2.05) is 5.32 Å². The summed E-state index contributed by atoms with van der Waals surface area (Å²) in [6.07, 6.45) is 0. The minimum absolute atomic E-state index is 0.00837. The molecule has 0 bridgehead atoms. The molecular formula is C13H6BrClN4O5. The number of nitrogen functional groups attached to an aromatic ring is 1. The quantitative estimate of drug-likeness (QED) is 0.436. The fourth-order valence-electron chi connectivity index (χ4n) is 2.37. The molecule has 2 heterocycles. The van der Waals surface area contributed by atoms with Gasteiger partial charge in [0.2, 0.25) is 0 Å². The van der Waals surface area contributed by atoms with Crippen LogP contribution >= 0.6 is 27.5 Å². The Morgan fingerprint density at radius 1 is 1.21 bits per heavy atom. The minimum atomic E-state index is -0.760. The zero-order valence-electron chi connectivity index (χ0n) is 11.5. The lowest BCUT2D eigenvalue weighted by Crippen LogP contribution is -2.24. The van der Waals surface area contributed by atoms with E-state index in [1.165, 1.54) is 6.07 Å². The molecule has 0 saturated heterocycles. The molecule has 0 saturated carbocycles. The predicted molar refractivity (Wildman–Crippen MR) is 87.6 cm³/mol. The summed E-state index contributed by atoms with van der Waals surface area (Å²) in [7, 11) is 0. The third-order valence-corrected chi connectivity index (χ3v) is 4.35. The number of pyridine rings is 1. The van der Waals surface area contributed by atoms with Gasteiger partial charge in [0.1, 0.15) is 5.82 Å². The molecule has 9 nitrogen and oxygen atoms in total. The fraction of sp³-hybridized carbons (Fsp3) is 0. The van der Waals surface area contributed by atoms with Crippen molar-refractivity contribution in [1.29, 1.82) is 0 Å². The molecule has 0 aliphatic carbocycles. The monoisotopic (exact) mass is 412 g/mol. The van der Waals surface area contributed by atoms with Gasteiger partial charge in [0.15, 0.2) is 0 Å². The van der Waals surface area contributed by atoms with Crippen LogP contribution in [0.15, 0.2) is 27.5 Å². The standard InChI is InChI=1S/C13H6BrClN4O5/c14-5-2-6(15)8(3-7(5)19(23)24)18-9(20)1-4-10(11(18)16)13(22)17-12(4)21/h1-3H,16H2,(H,17,21,22). The molecule has 0 fully saturated rings. The van der Waals surface area contributed by atoms with Gasteiger partial charge in [-0.05, 0) is 22.0 Å². The van der Waals surface area contributed by atoms with Gasteiger partial charge in [-0.2, -0.15) is 0 Å². The third-order valence-electron chi connectivity index (χ3n) is 3.41. The second kappa shape index (κ2) is 5.42. The Morgan fingerprint density at radius 2 is 1.88 bits per heavy atom. The lowest BCUT2D eigenvalue weighted by molar-refractivity contribution is -0.385. The van der Waals surface area contributed by atoms with Crippen molar-refractivity contribution in [3.8, 4) is 5.69 Å². The normalized spacial score (nSPS) is 12.9. The Morgan fingerprint density at radius 3 is 2.50 bits per heavy atom. The van der Waals surface area contributed by atoms with E-state index in [1.54, 1.807) is 0 Å². The van der Waals surface area contributed by atoms with Crippen LogP contribution < -0.4 is 16.6 Å². The zero-order valence-corrected chi connectivity index (χ0v) is 13.8. The van der Waals surface area contributed by atoms with Crippen molar-refractivity contribution in [1.82, 2.24) is 9.88 Å². The molecule has 1 aliphatic rings. The molecule has 122 valence electrons. The highest BCUT2D eigenvalue weighted by molar-refractivity contribution is 9.10. The summed E-state index contributed by atoms with van der Waals surface area (Å²) in [5.41, 5.74) is 4.35. The van der Waals surface area contributed by atoms with Gasteiger partial charge in [0.25, 0.3) is 23.1 Å². The Balaban J connectivity index is 2.37. The number of halogens is 2. The number of amides is 2. The molecule has 11 heteroatoms. The second-order valence-electron chi connectivity index (χ2n) is 4.79. The average Bonchev–Trinajstić information content (AvgIpc) is 2.75. The Bertz CT molecular complexity index is 1020. The largest absolute Gasteiger partial charge is 0.384 e. The Kier molecular flexibility index (Phi) is 3.65. The summed E-state index contributed by atoms with van der Waals surface area (Å²) in [6.45, 7) is 0. The molecule has 1 aliphatic heterocycles. The topological polar surface area (TPSA) is 137 Å². The highest BCUT2D eigenvalue weighted by atomic mass is 79.9. The number of fused-ring (bicyclic) bond motifs is 1. The first kappa shape index (κ1) is 16.1. The number of aromatic nitrogens is 1. The number of imide groups is 1. The van der Waals surface area contributed by atoms with Crippen molar-refractivity contribution >= 4 is 50.9 Å². The van der Waals surface area contributed by atoms with Crippen molar-refractivity contribution in [2.75, 3.05) is 5.73 Å². The summed E-state index contributed by atoms with van der Waals surface area (Å²) < 4.78 is 0.959. The van der Waals surface area contributed by atoms with Crippen LogP contribution in [-0.4, -0.2) is 21.3 Å². The van der Waals surface area contributed by atoms with Gasteiger partial charge in [0.05, 0.1) is 31.2 Å². The Labute approximate surface area is 146 Å². The number of hydrogen-bond acceptors (Lipinski definition) is 6. The van der Waals surface area contributed by atoms with Crippen LogP contribution in [0.2, 0.25) is 5.02 Å². The third kappa shape index (κ3) is 2.27. The molecule has 2 aromatic rings. The van der Waals surface area contributed by atoms with Crippen molar-refractivity contribution in [2.45, 2.75) is 0 Å². The number of nitro benzene ring substituents is 1. The molecule has 2 amide bonds. The molecule has 3 rings (SSSR count). The predicted octanol–water partition coefficient (Wildman–Crippen LogP) is 1.63. The van der Waals surface area contributed by atoms with Crippen molar-refractivity contribution < 1.29 is 14.5 Å². The molecule has 24 heavy (non-hydrogen) atoms. The minimum Gasteiger partial charge on any atom is -0.384 e. The molecule has 0 atom stereocenters. The first-order chi connectivity index (χ1) is 11.2. The fourth-order valence-corrected chi connectivity index (χ4v) is 3.23. The average molecular weight is 414 g/mol. The summed E-state index contributed by atoms with van der Waals surface area (Å²) in [4.78, 5) is 46.2. The highest BCUT2D eigenvalue weighted by Gasteiger charge is 2.32. The van der Waals surface area contributed by atoms with Crippen LogP contribution in [0.25, 0.3) is 5.69 Å². The first-order valence-corrected chi connectivity index (χ1v) is 7.44. The number of nitrogens with one attached hydrogen (secondary N) is 1. The number of hydrogen-bond donors (Lipinski definition) is 2. The number of carbonyl (C=O) groups excluding carboxylic acids is 2. The van der Waals surface area contributed by atoms with E-state index in [4.69, 9.17) is 17.3 Å². The van der Waals surface area contributed by atoms with Crippen molar-refractivity contribution in [3.63, 3.8) is 0 Å². The van der Waals surface area contributed by atoms with Gasteiger partial charge in [-0.25, -0.2) is 0 Å². The van der Waals surface area contributed by atoms with E-state index >= 15 is 0 Å². The van der Waals surface area contributed by atoms with Gasteiger partial charge in [-0.15, -0.1) is 0 Å². The van der Waals surface area contributed by atoms with Crippen LogP contribution in [0.3, 0.4) is 0 Å². The number of benzene rings is 1. The number of nitro groups is 1. The van der Waals surface area contributed by atoms with Gasteiger partial charge in [-0.1, -0.05) is 11.6 Å². The summed E-state index contributed by atoms with van der Waals surface area (Å²) >= 11 is 9.07. The highest BCUT2D eigenvalue weighted by Crippen LogP contribution is 2.34. The van der Waals surface area contributed by atoms with Gasteiger partial charge in [-0.3, -0.25) is 34.4 Å². The maximum Gasteiger partial charge on any atom is 0.285 e. The van der Waals surface area contributed by atoms with Crippen LogP contribution in [0.5, 0.6) is 0 Å². The number of carbonyl (C=O) groups is 2. The lowest BCUT2D eigenvalue weighted by atomic mass is 10.1. The van der Waals surface area contributed by atoms with Crippen LogP contribution in [0.4, 0.5) is 11.5 Å². The van der Waals surface area contributed by atoms with Crippen molar-refractivity contribution in [3.05, 3.63) is 59.3 Å². The molecular weight excluding hydrogens is 408 g/mol. The SMILES string of the molecule is Nc1c2c(cc(=O)n1-c1cc([N+](=O)[O-])c(Br)cc1Cl)C(=O)NC2=O. The van der Waals surface area contributed by atoms with Crippen molar-refractivity contribution in [2.24, 2.45) is 0 Å². The number of rotatable bonds is 2. The second-order valence-corrected chi connectivity index (χ2v) is 6.05. The van der Waals surface area contributed by atoms with E-state index in [-0.39, 0.29) is 37.8 Å². The molecule has 3 N–H and O–H groups in total. The van der Waals surface area contributed by atoms with E-state index in [0.717, 1.165) is 16.7 Å². The number of nitrogens with two attached hydrogens (primary N) is 1. The van der Waals surface area contributed by atoms with Crippen LogP contribution in [-0.2, 0) is 0 Å². The van der Waals surface area contributed by atoms with E-state index < -0.39 is 22.3 Å². The van der Waals surface area contributed by atoms with E-state index in [9.17, 15) is 24.5 Å². The maximum absolute atomic E-state index is 12.3. The first-order valence-electron chi connectivity index (χ1n) is 6.27. The Hall–Kier alpha value is -2.72. The smallest absolute Gasteiger partial charge is 0.285 e. The lowest BCUT2D eigenvalue weighted by Gasteiger charge is -2.13. The maximum atomic E-state index is 12.3. The van der Waals surface area contributed by atoms with E-state index in [0.29, 0.717) is 0 Å². The van der Waals surface area contributed by atoms with Crippen LogP contribution in [0.1, 0.15) is 20.7 Å². The van der Waals surface area contributed by atoms with Crippen LogP contribution in [0, 0.1) is 10.1 Å². The summed E-state index contributed by atoms with van der Waals surface area (Å²) in [5, 5.41) is 13.1. The number of anilines is 1. The van der Waals surface area contributed by atoms with E-state index in [2.05, 4.69) is 15.9 Å². The molecule has 0 unspecified atom stereocenters. The molecule has 0 radical (unpaired) electrons.